The first kappa shape index (κ1) is 18.7. The number of anilines is 1. The van der Waals surface area contributed by atoms with Gasteiger partial charge < -0.3 is 24.9 Å². The Labute approximate surface area is 155 Å². The molecule has 1 saturated heterocycles. The molecular formula is C18H22N4O5. The highest BCUT2D eigenvalue weighted by Crippen LogP contribution is 2.15. The fourth-order valence-electron chi connectivity index (χ4n) is 3.00. The summed E-state index contributed by atoms with van der Waals surface area (Å²) in [6.07, 6.45) is 2.08. The monoisotopic (exact) mass is 374 g/mol. The van der Waals surface area contributed by atoms with Crippen LogP contribution in [0.5, 0.6) is 0 Å². The fraction of sp³-hybridized carbons (Fsp3) is 0.444. The van der Waals surface area contributed by atoms with E-state index in [0.29, 0.717) is 29.7 Å². The second-order valence-corrected chi connectivity index (χ2v) is 6.59. The number of carbonyl (C=O) groups excluding carboxylic acids is 3. The van der Waals surface area contributed by atoms with Crippen LogP contribution in [-0.4, -0.2) is 51.8 Å². The predicted molar refractivity (Wildman–Crippen MR) is 98.2 cm³/mol. The Hall–Kier alpha value is -3.10. The van der Waals surface area contributed by atoms with Crippen molar-refractivity contribution in [3.05, 3.63) is 28.7 Å². The number of esters is 1. The van der Waals surface area contributed by atoms with Crippen LogP contribution in [-0.2, 0) is 19.1 Å². The standard InChI is InChI=1S/C18H22N4O5/c1-11(27-16(24)10-22-8-4-2-3-5-15(22)23)17(25)19-12-6-7-13-14(9-12)21-18(26)20-13/h6-7,9,11H,2-5,8,10H2,1H3,(H,19,25)(H2,20,21,26)/t11-/m1/s1. The average molecular weight is 374 g/mol. The number of ether oxygens (including phenoxy) is 1. The summed E-state index contributed by atoms with van der Waals surface area (Å²) < 4.78 is 5.16. The van der Waals surface area contributed by atoms with Crippen molar-refractivity contribution in [1.82, 2.24) is 14.9 Å². The first-order chi connectivity index (χ1) is 12.9. The quantitative estimate of drug-likeness (QED) is 0.677. The Balaban J connectivity index is 1.55. The number of hydrogen-bond acceptors (Lipinski definition) is 5. The zero-order valence-electron chi connectivity index (χ0n) is 15.0. The van der Waals surface area contributed by atoms with Crippen molar-refractivity contribution in [3.8, 4) is 0 Å². The van der Waals surface area contributed by atoms with Crippen molar-refractivity contribution in [3.63, 3.8) is 0 Å². The van der Waals surface area contributed by atoms with Crippen molar-refractivity contribution >= 4 is 34.5 Å². The molecule has 2 aromatic rings. The van der Waals surface area contributed by atoms with Gasteiger partial charge in [-0.2, -0.15) is 0 Å². The Kier molecular flexibility index (Phi) is 5.58. The highest BCUT2D eigenvalue weighted by Gasteiger charge is 2.23. The molecule has 0 bridgehead atoms. The zero-order chi connectivity index (χ0) is 19.4. The maximum absolute atomic E-state index is 12.3. The summed E-state index contributed by atoms with van der Waals surface area (Å²) in [6.45, 7) is 1.85. The number of rotatable bonds is 5. The molecule has 0 unspecified atom stereocenters. The van der Waals surface area contributed by atoms with Crippen LogP contribution in [0.25, 0.3) is 11.0 Å². The van der Waals surface area contributed by atoms with Gasteiger partial charge in [-0.1, -0.05) is 6.42 Å². The van der Waals surface area contributed by atoms with E-state index in [9.17, 15) is 19.2 Å². The summed E-state index contributed by atoms with van der Waals surface area (Å²) in [5.41, 5.74) is 1.31. The minimum Gasteiger partial charge on any atom is -0.451 e. The van der Waals surface area contributed by atoms with E-state index >= 15 is 0 Å². The Bertz CT molecular complexity index is 916. The number of imidazole rings is 1. The van der Waals surface area contributed by atoms with Crippen LogP contribution in [0.1, 0.15) is 32.6 Å². The number of aromatic amines is 2. The van der Waals surface area contributed by atoms with Crippen LogP contribution < -0.4 is 11.0 Å². The van der Waals surface area contributed by atoms with Gasteiger partial charge in [0.2, 0.25) is 5.91 Å². The van der Waals surface area contributed by atoms with E-state index in [1.165, 1.54) is 11.8 Å². The molecule has 1 aromatic heterocycles. The third-order valence-corrected chi connectivity index (χ3v) is 4.45. The molecule has 0 spiro atoms. The van der Waals surface area contributed by atoms with E-state index in [0.717, 1.165) is 19.3 Å². The molecule has 3 rings (SSSR count). The first-order valence-corrected chi connectivity index (χ1v) is 8.92. The van der Waals surface area contributed by atoms with Gasteiger partial charge in [-0.3, -0.25) is 14.4 Å². The number of likely N-dealkylation sites (tertiary alicyclic amines) is 1. The summed E-state index contributed by atoms with van der Waals surface area (Å²) in [5, 5.41) is 2.64. The molecule has 0 radical (unpaired) electrons. The molecule has 0 saturated carbocycles. The van der Waals surface area contributed by atoms with Gasteiger partial charge >= 0.3 is 11.7 Å². The third-order valence-electron chi connectivity index (χ3n) is 4.45. The lowest BCUT2D eigenvalue weighted by molar-refractivity contribution is -0.156. The van der Waals surface area contributed by atoms with Crippen LogP contribution in [0.15, 0.2) is 23.0 Å². The molecule has 1 fully saturated rings. The van der Waals surface area contributed by atoms with Gasteiger partial charge in [-0.15, -0.1) is 0 Å². The van der Waals surface area contributed by atoms with Crippen molar-refractivity contribution in [2.24, 2.45) is 0 Å². The number of H-pyrrole nitrogens is 2. The maximum atomic E-state index is 12.3. The van der Waals surface area contributed by atoms with Crippen LogP contribution in [0.3, 0.4) is 0 Å². The number of hydrogen-bond donors (Lipinski definition) is 3. The molecule has 1 aliphatic rings. The van der Waals surface area contributed by atoms with Gasteiger partial charge in [0.25, 0.3) is 5.91 Å². The Morgan fingerprint density at radius 1 is 1.19 bits per heavy atom. The van der Waals surface area contributed by atoms with Crippen LogP contribution in [0.4, 0.5) is 5.69 Å². The average Bonchev–Trinajstić information content (AvgIpc) is 2.87. The summed E-state index contributed by atoms with van der Waals surface area (Å²) in [4.78, 5) is 54.2. The maximum Gasteiger partial charge on any atom is 0.326 e. The summed E-state index contributed by atoms with van der Waals surface area (Å²) >= 11 is 0. The Morgan fingerprint density at radius 2 is 1.96 bits per heavy atom. The van der Waals surface area contributed by atoms with E-state index in [2.05, 4.69) is 15.3 Å². The highest BCUT2D eigenvalue weighted by molar-refractivity contribution is 5.96. The van der Waals surface area contributed by atoms with E-state index < -0.39 is 18.0 Å². The second-order valence-electron chi connectivity index (χ2n) is 6.59. The van der Waals surface area contributed by atoms with Gasteiger partial charge in [0, 0.05) is 18.7 Å². The number of fused-ring (bicyclic) bond motifs is 1. The fourth-order valence-corrected chi connectivity index (χ4v) is 3.00. The molecule has 2 heterocycles. The number of amides is 2. The SMILES string of the molecule is C[C@@H](OC(=O)CN1CCCCCC1=O)C(=O)Nc1ccc2[nH]c(=O)[nH]c2c1. The molecule has 9 heteroatoms. The topological polar surface area (TPSA) is 124 Å². The molecule has 9 nitrogen and oxygen atoms in total. The molecule has 1 aromatic carbocycles. The summed E-state index contributed by atoms with van der Waals surface area (Å²) in [5.74, 6) is -1.17. The number of nitrogens with zero attached hydrogens (tertiary/aromatic N) is 1. The molecular weight excluding hydrogens is 352 g/mol. The molecule has 144 valence electrons. The summed E-state index contributed by atoms with van der Waals surface area (Å²) in [6, 6.07) is 4.90. The van der Waals surface area contributed by atoms with Crippen molar-refractivity contribution in [2.75, 3.05) is 18.4 Å². The number of nitrogens with one attached hydrogen (secondary N) is 3. The minimum atomic E-state index is -1.01. The van der Waals surface area contributed by atoms with Gasteiger partial charge in [0.05, 0.1) is 11.0 Å². The van der Waals surface area contributed by atoms with Crippen molar-refractivity contribution in [1.29, 1.82) is 0 Å². The second kappa shape index (κ2) is 8.07. The largest absolute Gasteiger partial charge is 0.451 e. The van der Waals surface area contributed by atoms with Gasteiger partial charge in [-0.25, -0.2) is 4.79 Å². The lowest BCUT2D eigenvalue weighted by Gasteiger charge is -2.20. The predicted octanol–water partition coefficient (Wildman–Crippen LogP) is 1.13. The molecule has 1 aliphatic heterocycles. The molecule has 1 atom stereocenters. The van der Waals surface area contributed by atoms with Crippen LogP contribution in [0, 0.1) is 0 Å². The zero-order valence-corrected chi connectivity index (χ0v) is 15.0. The van der Waals surface area contributed by atoms with Crippen LogP contribution in [0.2, 0.25) is 0 Å². The van der Waals surface area contributed by atoms with E-state index in [1.54, 1.807) is 18.2 Å². The molecule has 0 aliphatic carbocycles. The number of aromatic nitrogens is 2. The van der Waals surface area contributed by atoms with Gasteiger partial charge in [0.15, 0.2) is 6.10 Å². The van der Waals surface area contributed by atoms with E-state index in [4.69, 9.17) is 4.74 Å². The first-order valence-electron chi connectivity index (χ1n) is 8.92. The number of benzene rings is 1. The highest BCUT2D eigenvalue weighted by atomic mass is 16.5. The molecule has 27 heavy (non-hydrogen) atoms. The van der Waals surface area contributed by atoms with Crippen molar-refractivity contribution < 1.29 is 19.1 Å². The third kappa shape index (κ3) is 4.75. The molecule has 2 amide bonds. The van der Waals surface area contributed by atoms with Crippen LogP contribution >= 0.6 is 0 Å². The lowest BCUT2D eigenvalue weighted by Crippen LogP contribution is -2.38. The lowest BCUT2D eigenvalue weighted by atomic mass is 10.2. The Morgan fingerprint density at radius 3 is 2.78 bits per heavy atom. The van der Waals surface area contributed by atoms with E-state index in [-0.39, 0.29) is 18.1 Å². The normalized spacial score (nSPS) is 16.0. The number of carbonyl (C=O) groups is 3. The van der Waals surface area contributed by atoms with E-state index in [1.807, 2.05) is 0 Å². The van der Waals surface area contributed by atoms with Gasteiger partial charge in [-0.05, 0) is 38.0 Å². The van der Waals surface area contributed by atoms with Crippen molar-refractivity contribution in [2.45, 2.75) is 38.7 Å². The summed E-state index contributed by atoms with van der Waals surface area (Å²) in [7, 11) is 0. The smallest absolute Gasteiger partial charge is 0.326 e. The molecule has 3 N–H and O–H groups in total. The minimum absolute atomic E-state index is 0.0599. The van der Waals surface area contributed by atoms with Gasteiger partial charge in [0.1, 0.15) is 6.54 Å².